The summed E-state index contributed by atoms with van der Waals surface area (Å²) in [7, 11) is 0. The fourth-order valence-corrected chi connectivity index (χ4v) is 3.79. The highest BCUT2D eigenvalue weighted by Gasteiger charge is 2.24. The Morgan fingerprint density at radius 1 is 1.16 bits per heavy atom. The Morgan fingerprint density at radius 3 is 2.64 bits per heavy atom. The van der Waals surface area contributed by atoms with Crippen LogP contribution in [0.2, 0.25) is 0 Å². The second-order valence-corrected chi connectivity index (χ2v) is 7.53. The van der Waals surface area contributed by atoms with Crippen LogP contribution >= 0.6 is 11.8 Å². The highest BCUT2D eigenvalue weighted by atomic mass is 32.2. The molecule has 0 bridgehead atoms. The maximum absolute atomic E-state index is 12.7. The third-order valence-corrected chi connectivity index (χ3v) is 5.45. The minimum Gasteiger partial charge on any atom is -0.465 e. The van der Waals surface area contributed by atoms with Gasteiger partial charge in [-0.05, 0) is 25.8 Å². The molecule has 25 heavy (non-hydrogen) atoms. The average Bonchev–Trinajstić information content (AvgIpc) is 2.85. The first-order valence-electron chi connectivity index (χ1n) is 8.92. The fraction of sp³-hybridized carbons (Fsp3) is 0.579. The zero-order valence-electron chi connectivity index (χ0n) is 15.1. The van der Waals surface area contributed by atoms with Crippen molar-refractivity contribution in [2.45, 2.75) is 31.3 Å². The van der Waals surface area contributed by atoms with Crippen molar-refractivity contribution < 1.29 is 14.3 Å². The number of ether oxygens (including phenoxy) is 1. The summed E-state index contributed by atoms with van der Waals surface area (Å²) in [5.41, 5.74) is 1.24. The quantitative estimate of drug-likeness (QED) is 0.696. The van der Waals surface area contributed by atoms with Gasteiger partial charge in [-0.3, -0.25) is 14.5 Å². The molecule has 1 aromatic carbocycles. The van der Waals surface area contributed by atoms with E-state index in [1.165, 1.54) is 5.56 Å². The molecule has 0 saturated carbocycles. The summed E-state index contributed by atoms with van der Waals surface area (Å²) < 4.78 is 5.01. The molecule has 1 aliphatic heterocycles. The lowest BCUT2D eigenvalue weighted by Crippen LogP contribution is -2.40. The van der Waals surface area contributed by atoms with Gasteiger partial charge >= 0.3 is 5.97 Å². The van der Waals surface area contributed by atoms with Gasteiger partial charge in [-0.25, -0.2) is 0 Å². The van der Waals surface area contributed by atoms with Crippen molar-refractivity contribution in [2.75, 3.05) is 39.3 Å². The molecule has 1 heterocycles. The average molecular weight is 365 g/mol. The predicted octanol–water partition coefficient (Wildman–Crippen LogP) is 2.41. The largest absolute Gasteiger partial charge is 0.465 e. The Kier molecular flexibility index (Phi) is 8.28. The molecular weight excluding hydrogens is 336 g/mol. The van der Waals surface area contributed by atoms with Crippen LogP contribution in [0.5, 0.6) is 0 Å². The van der Waals surface area contributed by atoms with Crippen molar-refractivity contribution in [2.24, 2.45) is 0 Å². The lowest BCUT2D eigenvalue weighted by molar-refractivity contribution is -0.144. The van der Waals surface area contributed by atoms with Crippen molar-refractivity contribution in [3.05, 3.63) is 35.9 Å². The van der Waals surface area contributed by atoms with Crippen LogP contribution in [0.4, 0.5) is 0 Å². The summed E-state index contributed by atoms with van der Waals surface area (Å²) in [6.45, 7) is 7.51. The Bertz CT molecular complexity index is 553. The van der Waals surface area contributed by atoms with E-state index in [1.807, 2.05) is 36.9 Å². The SMILES string of the molecule is CCOC(=O)CN1CCCN(C(=O)C(C)SCc2ccccc2)CC1. The third-order valence-electron chi connectivity index (χ3n) is 4.25. The molecule has 1 aliphatic rings. The van der Waals surface area contributed by atoms with Gasteiger partial charge in [0.05, 0.1) is 18.4 Å². The van der Waals surface area contributed by atoms with Gasteiger partial charge < -0.3 is 9.64 Å². The first kappa shape index (κ1) is 19.8. The van der Waals surface area contributed by atoms with Gasteiger partial charge in [-0.2, -0.15) is 0 Å². The number of amides is 1. The monoisotopic (exact) mass is 364 g/mol. The molecule has 1 saturated heterocycles. The van der Waals surface area contributed by atoms with E-state index in [-0.39, 0.29) is 17.1 Å². The molecule has 6 heteroatoms. The summed E-state index contributed by atoms with van der Waals surface area (Å²) >= 11 is 1.68. The molecule has 1 atom stereocenters. The van der Waals surface area contributed by atoms with Crippen molar-refractivity contribution in [1.29, 1.82) is 0 Å². The van der Waals surface area contributed by atoms with Crippen molar-refractivity contribution >= 4 is 23.6 Å². The summed E-state index contributed by atoms with van der Waals surface area (Å²) in [5.74, 6) is 0.851. The van der Waals surface area contributed by atoms with E-state index in [4.69, 9.17) is 4.74 Å². The lowest BCUT2D eigenvalue weighted by atomic mass is 10.2. The molecule has 1 fully saturated rings. The van der Waals surface area contributed by atoms with Crippen LogP contribution in [0.1, 0.15) is 25.8 Å². The molecule has 1 amide bonds. The number of nitrogens with zero attached hydrogens (tertiary/aromatic N) is 2. The highest BCUT2D eigenvalue weighted by Crippen LogP contribution is 2.20. The number of hydrogen-bond donors (Lipinski definition) is 0. The number of thioether (sulfide) groups is 1. The summed E-state index contributed by atoms with van der Waals surface area (Å²) in [4.78, 5) is 28.3. The Hall–Kier alpha value is -1.53. The minimum absolute atomic E-state index is 0.0585. The summed E-state index contributed by atoms with van der Waals surface area (Å²) in [6.07, 6.45) is 0.890. The smallest absolute Gasteiger partial charge is 0.320 e. The van der Waals surface area contributed by atoms with Crippen LogP contribution in [-0.4, -0.2) is 66.3 Å². The van der Waals surface area contributed by atoms with Crippen LogP contribution in [-0.2, 0) is 20.1 Å². The number of carbonyl (C=O) groups is 2. The Balaban J connectivity index is 1.78. The normalized spacial score (nSPS) is 17.0. The molecule has 138 valence electrons. The van der Waals surface area contributed by atoms with E-state index in [1.54, 1.807) is 11.8 Å². The number of hydrogen-bond acceptors (Lipinski definition) is 5. The lowest BCUT2D eigenvalue weighted by Gasteiger charge is -2.24. The number of carbonyl (C=O) groups excluding carboxylic acids is 2. The first-order valence-corrected chi connectivity index (χ1v) is 9.97. The van der Waals surface area contributed by atoms with Gasteiger partial charge in [0.1, 0.15) is 0 Å². The van der Waals surface area contributed by atoms with E-state index in [9.17, 15) is 9.59 Å². The summed E-state index contributed by atoms with van der Waals surface area (Å²) in [6, 6.07) is 10.2. The molecule has 2 rings (SSSR count). The maximum Gasteiger partial charge on any atom is 0.320 e. The van der Waals surface area contributed by atoms with Crippen molar-refractivity contribution in [1.82, 2.24) is 9.80 Å². The molecule has 1 unspecified atom stereocenters. The second kappa shape index (κ2) is 10.5. The molecule has 0 aromatic heterocycles. The molecule has 5 nitrogen and oxygen atoms in total. The van der Waals surface area contributed by atoms with Gasteiger partial charge in [0, 0.05) is 31.9 Å². The fourth-order valence-electron chi connectivity index (χ4n) is 2.86. The van der Waals surface area contributed by atoms with Gasteiger partial charge in [0.15, 0.2) is 0 Å². The molecule has 1 aromatic rings. The van der Waals surface area contributed by atoms with Crippen LogP contribution < -0.4 is 0 Å². The minimum atomic E-state index is -0.186. The van der Waals surface area contributed by atoms with Crippen LogP contribution in [0.25, 0.3) is 0 Å². The number of esters is 1. The standard InChI is InChI=1S/C19H28N2O3S/c1-3-24-18(22)14-20-10-7-11-21(13-12-20)19(23)16(2)25-15-17-8-5-4-6-9-17/h4-6,8-9,16H,3,7,10-15H2,1-2H3. The van der Waals surface area contributed by atoms with Crippen LogP contribution in [0, 0.1) is 0 Å². The van der Waals surface area contributed by atoms with E-state index in [2.05, 4.69) is 17.0 Å². The molecule has 0 N–H and O–H groups in total. The second-order valence-electron chi connectivity index (χ2n) is 6.20. The van der Waals surface area contributed by atoms with Gasteiger partial charge in [-0.1, -0.05) is 30.3 Å². The first-order chi connectivity index (χ1) is 12.1. The van der Waals surface area contributed by atoms with E-state index in [0.29, 0.717) is 19.7 Å². The molecular formula is C19H28N2O3S. The van der Waals surface area contributed by atoms with E-state index < -0.39 is 0 Å². The molecule has 0 radical (unpaired) electrons. The van der Waals surface area contributed by atoms with Crippen molar-refractivity contribution in [3.63, 3.8) is 0 Å². The Morgan fingerprint density at radius 2 is 1.92 bits per heavy atom. The number of rotatable bonds is 7. The van der Waals surface area contributed by atoms with Gasteiger partial charge in [-0.15, -0.1) is 11.8 Å². The third kappa shape index (κ3) is 6.71. The van der Waals surface area contributed by atoms with Gasteiger partial charge in [0.25, 0.3) is 0 Å². The zero-order chi connectivity index (χ0) is 18.1. The topological polar surface area (TPSA) is 49.9 Å². The summed E-state index contributed by atoms with van der Waals surface area (Å²) in [5, 5.41) is -0.0585. The van der Waals surface area contributed by atoms with E-state index in [0.717, 1.165) is 31.8 Å². The van der Waals surface area contributed by atoms with Crippen LogP contribution in [0.15, 0.2) is 30.3 Å². The maximum atomic E-state index is 12.7. The number of benzene rings is 1. The van der Waals surface area contributed by atoms with Crippen LogP contribution in [0.3, 0.4) is 0 Å². The molecule has 0 spiro atoms. The highest BCUT2D eigenvalue weighted by molar-refractivity contribution is 7.99. The van der Waals surface area contributed by atoms with Crippen molar-refractivity contribution in [3.8, 4) is 0 Å². The van der Waals surface area contributed by atoms with Gasteiger partial charge in [0.2, 0.25) is 5.91 Å². The predicted molar refractivity (Wildman–Crippen MR) is 101 cm³/mol. The zero-order valence-corrected chi connectivity index (χ0v) is 16.0. The Labute approximate surface area is 154 Å². The van der Waals surface area contributed by atoms with E-state index >= 15 is 0 Å². The molecule has 0 aliphatic carbocycles.